The second-order valence-corrected chi connectivity index (χ2v) is 8.70. The Bertz CT molecular complexity index is 671. The van der Waals surface area contributed by atoms with E-state index in [0.29, 0.717) is 16.5 Å². The molecule has 3 aliphatic heterocycles. The summed E-state index contributed by atoms with van der Waals surface area (Å²) in [4.78, 5) is 21.1. The van der Waals surface area contributed by atoms with Crippen molar-refractivity contribution >= 4 is 34.9 Å². The monoisotopic (exact) mass is 397 g/mol. The molecule has 3 fully saturated rings. The van der Waals surface area contributed by atoms with Gasteiger partial charge in [0.2, 0.25) is 5.91 Å². The zero-order valence-electron chi connectivity index (χ0n) is 14.9. The van der Waals surface area contributed by atoms with Crippen LogP contribution in [0.1, 0.15) is 38.5 Å². The van der Waals surface area contributed by atoms with Crippen LogP contribution in [0.4, 0.5) is 5.82 Å². The maximum atomic E-state index is 12.4. The van der Waals surface area contributed by atoms with Crippen molar-refractivity contribution in [2.45, 2.75) is 44.6 Å². The molecule has 0 aromatic carbocycles. The summed E-state index contributed by atoms with van der Waals surface area (Å²) in [6, 6.07) is 1.75. The molecular formula is C19H25Cl2N3O2. The molecule has 142 valence electrons. The van der Waals surface area contributed by atoms with Crippen molar-refractivity contribution in [2.24, 2.45) is 5.41 Å². The van der Waals surface area contributed by atoms with Crippen molar-refractivity contribution in [3.05, 3.63) is 22.3 Å². The predicted molar refractivity (Wildman–Crippen MR) is 103 cm³/mol. The van der Waals surface area contributed by atoms with Crippen molar-refractivity contribution in [1.29, 1.82) is 0 Å². The first-order valence-corrected chi connectivity index (χ1v) is 10.3. The second kappa shape index (κ2) is 7.53. The SMILES string of the molecule is O=C1CCC2(CCN(c3ncc(Cl)cc3Cl)CC2)CN1CC1CCCO1. The highest BCUT2D eigenvalue weighted by atomic mass is 35.5. The van der Waals surface area contributed by atoms with E-state index in [2.05, 4.69) is 14.8 Å². The third-order valence-electron chi connectivity index (χ3n) is 6.11. The molecule has 0 bridgehead atoms. The van der Waals surface area contributed by atoms with Crippen LogP contribution in [-0.4, -0.2) is 54.7 Å². The van der Waals surface area contributed by atoms with E-state index in [4.69, 9.17) is 27.9 Å². The van der Waals surface area contributed by atoms with Gasteiger partial charge in [-0.25, -0.2) is 4.98 Å². The van der Waals surface area contributed by atoms with Gasteiger partial charge in [-0.1, -0.05) is 23.2 Å². The van der Waals surface area contributed by atoms with Crippen molar-refractivity contribution in [3.8, 4) is 0 Å². The fraction of sp³-hybridized carbons (Fsp3) is 0.684. The van der Waals surface area contributed by atoms with Gasteiger partial charge in [0.15, 0.2) is 0 Å². The number of amides is 1. The largest absolute Gasteiger partial charge is 0.376 e. The van der Waals surface area contributed by atoms with Gasteiger partial charge in [0.05, 0.1) is 16.1 Å². The summed E-state index contributed by atoms with van der Waals surface area (Å²) in [7, 11) is 0. The number of likely N-dealkylation sites (tertiary alicyclic amines) is 1. The molecule has 1 amide bonds. The number of piperidine rings is 2. The van der Waals surface area contributed by atoms with E-state index >= 15 is 0 Å². The first-order chi connectivity index (χ1) is 12.5. The molecule has 0 aliphatic carbocycles. The van der Waals surface area contributed by atoms with E-state index in [1.165, 1.54) is 0 Å². The molecule has 1 aromatic rings. The topological polar surface area (TPSA) is 45.7 Å². The van der Waals surface area contributed by atoms with E-state index in [1.807, 2.05) is 0 Å². The Kier molecular flexibility index (Phi) is 5.31. The van der Waals surface area contributed by atoms with Crippen LogP contribution in [0, 0.1) is 5.41 Å². The molecule has 4 heterocycles. The van der Waals surface area contributed by atoms with E-state index in [9.17, 15) is 4.79 Å². The van der Waals surface area contributed by atoms with Crippen LogP contribution in [0.3, 0.4) is 0 Å². The Morgan fingerprint density at radius 2 is 2.08 bits per heavy atom. The highest BCUT2D eigenvalue weighted by Gasteiger charge is 2.42. The van der Waals surface area contributed by atoms with Crippen LogP contribution >= 0.6 is 23.2 Å². The van der Waals surface area contributed by atoms with Crippen LogP contribution in [-0.2, 0) is 9.53 Å². The minimum Gasteiger partial charge on any atom is -0.376 e. The lowest BCUT2D eigenvalue weighted by atomic mass is 9.72. The molecule has 3 saturated heterocycles. The van der Waals surface area contributed by atoms with Crippen LogP contribution < -0.4 is 4.90 Å². The molecule has 3 aliphatic rings. The Morgan fingerprint density at radius 3 is 2.77 bits per heavy atom. The van der Waals surface area contributed by atoms with Crippen LogP contribution in [0.2, 0.25) is 10.0 Å². The van der Waals surface area contributed by atoms with E-state index in [1.54, 1.807) is 12.3 Å². The minimum absolute atomic E-state index is 0.224. The van der Waals surface area contributed by atoms with Gasteiger partial charge in [-0.2, -0.15) is 0 Å². The summed E-state index contributed by atoms with van der Waals surface area (Å²) in [6.07, 6.45) is 7.83. The average Bonchev–Trinajstić information content (AvgIpc) is 3.13. The second-order valence-electron chi connectivity index (χ2n) is 7.86. The number of anilines is 1. The van der Waals surface area contributed by atoms with Gasteiger partial charge in [-0.3, -0.25) is 4.79 Å². The third kappa shape index (κ3) is 3.80. The molecule has 5 nitrogen and oxygen atoms in total. The molecule has 7 heteroatoms. The van der Waals surface area contributed by atoms with Gasteiger partial charge >= 0.3 is 0 Å². The number of ether oxygens (including phenoxy) is 1. The molecule has 26 heavy (non-hydrogen) atoms. The van der Waals surface area contributed by atoms with Crippen molar-refractivity contribution < 1.29 is 9.53 Å². The fourth-order valence-electron chi connectivity index (χ4n) is 4.54. The van der Waals surface area contributed by atoms with Crippen LogP contribution in [0.25, 0.3) is 0 Å². The highest BCUT2D eigenvalue weighted by molar-refractivity contribution is 6.36. The minimum atomic E-state index is 0.224. The number of hydrogen-bond donors (Lipinski definition) is 0. The normalized spacial score (nSPS) is 25.9. The third-order valence-corrected chi connectivity index (χ3v) is 6.59. The van der Waals surface area contributed by atoms with Gasteiger partial charge in [0, 0.05) is 45.4 Å². The van der Waals surface area contributed by atoms with Crippen LogP contribution in [0.5, 0.6) is 0 Å². The number of pyridine rings is 1. The summed E-state index contributed by atoms with van der Waals surface area (Å²) in [6.45, 7) is 4.28. The predicted octanol–water partition coefficient (Wildman–Crippen LogP) is 3.78. The van der Waals surface area contributed by atoms with Crippen molar-refractivity contribution in [2.75, 3.05) is 37.7 Å². The number of hydrogen-bond acceptors (Lipinski definition) is 4. The first kappa shape index (κ1) is 18.3. The van der Waals surface area contributed by atoms with E-state index < -0.39 is 0 Å². The lowest BCUT2D eigenvalue weighted by Gasteiger charge is -2.48. The molecule has 1 atom stereocenters. The molecule has 1 aromatic heterocycles. The fourth-order valence-corrected chi connectivity index (χ4v) is 5.04. The summed E-state index contributed by atoms with van der Waals surface area (Å²) < 4.78 is 5.74. The summed E-state index contributed by atoms with van der Waals surface area (Å²) >= 11 is 12.3. The number of carbonyl (C=O) groups excluding carboxylic acids is 1. The van der Waals surface area contributed by atoms with Gasteiger partial charge in [0.1, 0.15) is 5.82 Å². The number of nitrogens with zero attached hydrogens (tertiary/aromatic N) is 3. The first-order valence-electron chi connectivity index (χ1n) is 9.50. The lowest BCUT2D eigenvalue weighted by molar-refractivity contribution is -0.140. The van der Waals surface area contributed by atoms with Gasteiger partial charge < -0.3 is 14.5 Å². The lowest BCUT2D eigenvalue weighted by Crippen LogP contribution is -2.53. The Hall–Kier alpha value is -1.04. The number of rotatable bonds is 3. The summed E-state index contributed by atoms with van der Waals surface area (Å²) in [5, 5.41) is 1.16. The van der Waals surface area contributed by atoms with E-state index in [-0.39, 0.29) is 17.4 Å². The van der Waals surface area contributed by atoms with Crippen molar-refractivity contribution in [1.82, 2.24) is 9.88 Å². The molecule has 0 saturated carbocycles. The maximum Gasteiger partial charge on any atom is 0.222 e. The maximum absolute atomic E-state index is 12.4. The quantitative estimate of drug-likeness (QED) is 0.778. The van der Waals surface area contributed by atoms with E-state index in [0.717, 1.165) is 70.7 Å². The zero-order valence-corrected chi connectivity index (χ0v) is 16.4. The van der Waals surface area contributed by atoms with Gasteiger partial charge in [-0.05, 0) is 43.6 Å². The zero-order chi connectivity index (χ0) is 18.1. The molecular weight excluding hydrogens is 373 g/mol. The molecule has 1 unspecified atom stereocenters. The Morgan fingerprint density at radius 1 is 1.27 bits per heavy atom. The average molecular weight is 398 g/mol. The standard InChI is InChI=1S/C19H25Cl2N3O2/c20-14-10-16(21)18(22-11-14)23-7-5-19(6-8-23)4-3-17(25)24(13-19)12-15-2-1-9-26-15/h10-11,15H,1-9,12-13H2. The number of carbonyl (C=O) groups is 1. The number of aromatic nitrogens is 1. The van der Waals surface area contributed by atoms with Gasteiger partial charge in [-0.15, -0.1) is 0 Å². The highest BCUT2D eigenvalue weighted by Crippen LogP contribution is 2.42. The van der Waals surface area contributed by atoms with Crippen molar-refractivity contribution in [3.63, 3.8) is 0 Å². The molecule has 0 radical (unpaired) electrons. The Balaban J connectivity index is 1.40. The number of halogens is 2. The molecule has 1 spiro atoms. The molecule has 4 rings (SSSR count). The molecule has 0 N–H and O–H groups in total. The van der Waals surface area contributed by atoms with Crippen LogP contribution in [0.15, 0.2) is 12.3 Å². The smallest absolute Gasteiger partial charge is 0.222 e. The Labute approximate surface area is 164 Å². The summed E-state index contributed by atoms with van der Waals surface area (Å²) in [5.41, 5.74) is 0.224. The summed E-state index contributed by atoms with van der Waals surface area (Å²) in [5.74, 6) is 1.10. The van der Waals surface area contributed by atoms with Gasteiger partial charge in [0.25, 0.3) is 0 Å².